The minimum Gasteiger partial charge on any atom is -0.492 e. The number of carbonyl (C=O) groups is 4. The number of aliphatic imine (C=N–C) groups is 1. The molecule has 2 aliphatic heterocycles. The Bertz CT molecular complexity index is 2570. The van der Waals surface area contributed by atoms with Crippen LogP contribution in [-0.4, -0.2) is 85.8 Å². The van der Waals surface area contributed by atoms with Gasteiger partial charge in [0.25, 0.3) is 5.91 Å². The molecule has 2 aromatic carbocycles. The van der Waals surface area contributed by atoms with Gasteiger partial charge in [-0.3, -0.25) is 28.7 Å². The highest BCUT2D eigenvalue weighted by Gasteiger charge is 2.42. The highest BCUT2D eigenvalue weighted by Crippen LogP contribution is 2.40. The third kappa shape index (κ3) is 10.5. The van der Waals surface area contributed by atoms with Gasteiger partial charge in [-0.25, -0.2) is 4.98 Å². The van der Waals surface area contributed by atoms with E-state index in [4.69, 9.17) is 21.3 Å². The molecule has 3 aromatic heterocycles. The number of halogens is 1. The van der Waals surface area contributed by atoms with Crippen molar-refractivity contribution in [3.05, 3.63) is 116 Å². The quantitative estimate of drug-likeness (QED) is 0.0716. The first-order chi connectivity index (χ1) is 30.6. The largest absolute Gasteiger partial charge is 0.492 e. The fraction of sp³-hybridized carbons (Fsp3) is 0.404. The van der Waals surface area contributed by atoms with Crippen LogP contribution in [0, 0.1) is 33.1 Å². The molecule has 7 rings (SSSR count). The summed E-state index contributed by atoms with van der Waals surface area (Å²) < 4.78 is 7.54. The Hall–Kier alpha value is -5.71. The SMILES string of the molecule is Cc1ncsc1-c1ccc(CNC(=O)[C@@H]2CCCN2C(=O)[C@@H](NC(=O)COC=CCCNC(=O)C[C@@H]2N=C(c3ccc(Cl)cc3)c3c(sc(C)c3C)-n3c(C)nnc32)C(C)(C)C)cc1. The molecule has 0 aliphatic carbocycles. The lowest BCUT2D eigenvalue weighted by atomic mass is 9.85. The second-order valence-electron chi connectivity index (χ2n) is 17.2. The fourth-order valence-corrected chi connectivity index (χ4v) is 10.1. The van der Waals surface area contributed by atoms with Crippen LogP contribution in [0.15, 0.2) is 71.4 Å². The van der Waals surface area contributed by atoms with Gasteiger partial charge in [-0.15, -0.1) is 32.9 Å². The van der Waals surface area contributed by atoms with E-state index in [2.05, 4.69) is 45.0 Å². The average molecular weight is 925 g/mol. The molecule has 3 atom stereocenters. The van der Waals surface area contributed by atoms with Gasteiger partial charge in [0.2, 0.25) is 17.7 Å². The Kier molecular flexibility index (Phi) is 14.5. The maximum absolute atomic E-state index is 14.0. The van der Waals surface area contributed by atoms with Crippen LogP contribution in [-0.2, 0) is 30.5 Å². The van der Waals surface area contributed by atoms with Crippen molar-refractivity contribution in [2.45, 2.75) is 98.8 Å². The topological polar surface area (TPSA) is 173 Å². The van der Waals surface area contributed by atoms with Crippen LogP contribution in [0.3, 0.4) is 0 Å². The van der Waals surface area contributed by atoms with Crippen molar-refractivity contribution in [1.29, 1.82) is 0 Å². The van der Waals surface area contributed by atoms with Crippen LogP contribution in [0.5, 0.6) is 0 Å². The second kappa shape index (κ2) is 20.0. The minimum atomic E-state index is -0.878. The zero-order valence-corrected chi connectivity index (χ0v) is 39.5. The van der Waals surface area contributed by atoms with Gasteiger partial charge in [0.1, 0.15) is 29.0 Å². The van der Waals surface area contributed by atoms with Gasteiger partial charge in [0.15, 0.2) is 12.4 Å². The van der Waals surface area contributed by atoms with E-state index < -0.39 is 29.4 Å². The summed E-state index contributed by atoms with van der Waals surface area (Å²) in [4.78, 5) is 67.2. The molecular formula is C47H54ClN9O5S2. The second-order valence-corrected chi connectivity index (χ2v) is 19.7. The van der Waals surface area contributed by atoms with E-state index in [-0.39, 0.29) is 30.7 Å². The first-order valence-corrected chi connectivity index (χ1v) is 23.4. The van der Waals surface area contributed by atoms with E-state index in [1.165, 1.54) is 6.26 Å². The van der Waals surface area contributed by atoms with E-state index in [1.54, 1.807) is 33.6 Å². The highest BCUT2D eigenvalue weighted by molar-refractivity contribution is 7.15. The summed E-state index contributed by atoms with van der Waals surface area (Å²) in [7, 11) is 0. The molecule has 2 aliphatic rings. The molecule has 5 aromatic rings. The summed E-state index contributed by atoms with van der Waals surface area (Å²) >= 11 is 9.48. The third-order valence-electron chi connectivity index (χ3n) is 11.5. The first kappa shape index (κ1) is 46.3. The number of aryl methyl sites for hydroxylation is 3. The van der Waals surface area contributed by atoms with Gasteiger partial charge in [0, 0.05) is 40.7 Å². The number of nitrogens with one attached hydrogen (secondary N) is 3. The number of hydrogen-bond acceptors (Lipinski definition) is 11. The number of nitrogens with zero attached hydrogens (tertiary/aromatic N) is 6. The van der Waals surface area contributed by atoms with Gasteiger partial charge >= 0.3 is 0 Å². The van der Waals surface area contributed by atoms with Gasteiger partial charge < -0.3 is 25.6 Å². The van der Waals surface area contributed by atoms with E-state index in [0.29, 0.717) is 55.6 Å². The van der Waals surface area contributed by atoms with Gasteiger partial charge in [0.05, 0.1) is 34.5 Å². The lowest BCUT2D eigenvalue weighted by Gasteiger charge is -2.35. The molecule has 64 heavy (non-hydrogen) atoms. The number of aromatic nitrogens is 4. The standard InChI is InChI=1S/C47H54ClN9O5S2/c1-27-29(3)64-46-39(27)40(32-16-18-34(48)19-17-32)52-35(43-55-54-30(4)57(43)46)23-37(58)49-20-8-9-22-62-25-38(59)53-42(47(5,6)7)45(61)56-21-10-11-36(56)44(60)50-24-31-12-14-33(15-13-31)41-28(2)51-26-63-41/h9,12-19,22,26,35-36,42H,8,10-11,20-21,23-25H2,1-7H3,(H,49,58)(H,50,60)(H,53,59)/t35-,36-,42+/m0/s1. The van der Waals surface area contributed by atoms with Crippen molar-refractivity contribution in [3.63, 3.8) is 0 Å². The number of rotatable bonds is 15. The summed E-state index contributed by atoms with van der Waals surface area (Å²) in [6.07, 6.45) is 4.86. The zero-order valence-electron chi connectivity index (χ0n) is 37.2. The lowest BCUT2D eigenvalue weighted by Crippen LogP contribution is -2.58. The Labute approximate surface area is 386 Å². The van der Waals surface area contributed by atoms with Crippen molar-refractivity contribution in [2.75, 3.05) is 19.7 Å². The number of benzene rings is 2. The molecule has 1 fully saturated rings. The Balaban J connectivity index is 0.883. The third-order valence-corrected chi connectivity index (χ3v) is 13.9. The highest BCUT2D eigenvalue weighted by atomic mass is 35.5. The van der Waals surface area contributed by atoms with Gasteiger partial charge in [-0.05, 0) is 87.3 Å². The zero-order chi connectivity index (χ0) is 45.7. The predicted octanol–water partition coefficient (Wildman–Crippen LogP) is 7.50. The van der Waals surface area contributed by atoms with Crippen molar-refractivity contribution >= 4 is 63.6 Å². The molecule has 14 nitrogen and oxygen atoms in total. The number of likely N-dealkylation sites (tertiary alicyclic amines) is 1. The lowest BCUT2D eigenvalue weighted by molar-refractivity contribution is -0.144. The molecule has 0 bridgehead atoms. The van der Waals surface area contributed by atoms with Crippen LogP contribution < -0.4 is 16.0 Å². The van der Waals surface area contributed by atoms with Crippen LogP contribution in [0.4, 0.5) is 0 Å². The molecule has 0 unspecified atom stereocenters. The molecule has 0 saturated carbocycles. The molecule has 3 N–H and O–H groups in total. The summed E-state index contributed by atoms with van der Waals surface area (Å²) in [5.41, 5.74) is 7.97. The van der Waals surface area contributed by atoms with Crippen LogP contribution >= 0.6 is 34.3 Å². The van der Waals surface area contributed by atoms with Gasteiger partial charge in [-0.2, -0.15) is 0 Å². The van der Waals surface area contributed by atoms with Crippen molar-refractivity contribution < 1.29 is 23.9 Å². The number of hydrogen-bond donors (Lipinski definition) is 3. The Morgan fingerprint density at radius 3 is 2.41 bits per heavy atom. The van der Waals surface area contributed by atoms with E-state index in [1.807, 2.05) is 93.2 Å². The Morgan fingerprint density at radius 1 is 0.969 bits per heavy atom. The van der Waals surface area contributed by atoms with Crippen LogP contribution in [0.2, 0.25) is 5.02 Å². The number of amides is 4. The molecular weight excluding hydrogens is 870 g/mol. The summed E-state index contributed by atoms with van der Waals surface area (Å²) in [5.74, 6) is 0.122. The number of carbonyl (C=O) groups excluding carboxylic acids is 4. The Morgan fingerprint density at radius 2 is 1.70 bits per heavy atom. The number of thiophene rings is 1. The molecule has 336 valence electrons. The predicted molar refractivity (Wildman–Crippen MR) is 251 cm³/mol. The van der Waals surface area contributed by atoms with Crippen LogP contribution in [0.25, 0.3) is 15.4 Å². The number of fused-ring (bicyclic) bond motifs is 3. The van der Waals surface area contributed by atoms with E-state index >= 15 is 0 Å². The molecule has 4 amide bonds. The monoisotopic (exact) mass is 923 g/mol. The molecule has 17 heteroatoms. The van der Waals surface area contributed by atoms with E-state index in [0.717, 1.165) is 54.0 Å². The molecule has 0 spiro atoms. The van der Waals surface area contributed by atoms with Crippen LogP contribution in [0.1, 0.15) is 97.0 Å². The molecule has 0 radical (unpaired) electrons. The maximum Gasteiger partial charge on any atom is 0.258 e. The minimum absolute atomic E-state index is 0.0578. The van der Waals surface area contributed by atoms with Crippen molar-refractivity contribution in [3.8, 4) is 15.4 Å². The number of thiazole rings is 1. The van der Waals surface area contributed by atoms with Crippen molar-refractivity contribution in [2.24, 2.45) is 10.4 Å². The summed E-state index contributed by atoms with van der Waals surface area (Å²) in [5, 5.41) is 19.3. The average Bonchev–Trinajstić information content (AvgIpc) is 4.06. The first-order valence-electron chi connectivity index (χ1n) is 21.4. The smallest absolute Gasteiger partial charge is 0.258 e. The molecule has 1 saturated heterocycles. The normalized spacial score (nSPS) is 16.4. The fourth-order valence-electron chi connectivity index (χ4n) is 7.92. The maximum atomic E-state index is 14.0. The summed E-state index contributed by atoms with van der Waals surface area (Å²) in [6, 6.07) is 13.5. The number of ether oxygens (including phenoxy) is 1. The van der Waals surface area contributed by atoms with Gasteiger partial charge in [-0.1, -0.05) is 68.8 Å². The summed E-state index contributed by atoms with van der Waals surface area (Å²) in [6.45, 7) is 14.4. The van der Waals surface area contributed by atoms with E-state index in [9.17, 15) is 19.2 Å². The van der Waals surface area contributed by atoms with Crippen molar-refractivity contribution in [1.82, 2.24) is 40.6 Å². The molecule has 5 heterocycles.